The molecule has 108 valence electrons. The molecule has 0 bridgehead atoms. The third kappa shape index (κ3) is 2.39. The second kappa shape index (κ2) is 5.48. The van der Waals surface area contributed by atoms with Gasteiger partial charge in [0, 0.05) is 8.95 Å². The van der Waals surface area contributed by atoms with Crippen molar-refractivity contribution in [3.8, 4) is 0 Å². The summed E-state index contributed by atoms with van der Waals surface area (Å²) in [6.45, 7) is 5.38. The molecule has 0 aliphatic carbocycles. The number of benzene rings is 1. The zero-order valence-electron chi connectivity index (χ0n) is 11.5. The predicted octanol–water partition coefficient (Wildman–Crippen LogP) is 3.23. The monoisotopic (exact) mass is 402 g/mol. The summed E-state index contributed by atoms with van der Waals surface area (Å²) in [6, 6.07) is 5.04. The van der Waals surface area contributed by atoms with E-state index in [1.807, 2.05) is 25.1 Å². The van der Waals surface area contributed by atoms with Gasteiger partial charge in [0.25, 0.3) is 5.91 Å². The first kappa shape index (κ1) is 15.5. The van der Waals surface area contributed by atoms with Crippen LogP contribution in [-0.4, -0.2) is 23.4 Å². The summed E-state index contributed by atoms with van der Waals surface area (Å²) in [5.41, 5.74) is -0.169. The van der Waals surface area contributed by atoms with Crippen molar-refractivity contribution in [1.82, 2.24) is 5.32 Å². The van der Waals surface area contributed by atoms with Crippen LogP contribution in [0.15, 0.2) is 27.1 Å². The van der Waals surface area contributed by atoms with Gasteiger partial charge >= 0.3 is 0 Å². The Bertz CT molecular complexity index is 556. The number of anilines is 1. The molecule has 2 unspecified atom stereocenters. The lowest BCUT2D eigenvalue weighted by Gasteiger charge is -2.43. The van der Waals surface area contributed by atoms with Crippen molar-refractivity contribution in [2.45, 2.75) is 38.8 Å². The molecule has 4 nitrogen and oxygen atoms in total. The molecule has 2 rings (SSSR count). The Hall–Kier alpha value is -0.880. The first-order valence-corrected chi connectivity index (χ1v) is 8.00. The topological polar surface area (TPSA) is 49.4 Å². The van der Waals surface area contributed by atoms with Crippen LogP contribution in [0.2, 0.25) is 0 Å². The molecule has 1 aromatic rings. The molecule has 1 heterocycles. The van der Waals surface area contributed by atoms with Crippen LogP contribution in [0.25, 0.3) is 0 Å². The average Bonchev–Trinajstić information content (AvgIpc) is 2.40. The highest BCUT2D eigenvalue weighted by atomic mass is 79.9. The second-order valence-corrected chi connectivity index (χ2v) is 6.80. The smallest absolute Gasteiger partial charge is 0.253 e. The normalized spacial score (nSPS) is 26.6. The van der Waals surface area contributed by atoms with Crippen LogP contribution in [0.3, 0.4) is 0 Å². The molecule has 0 saturated carbocycles. The fourth-order valence-corrected chi connectivity index (χ4v) is 3.62. The number of hydrogen-bond acceptors (Lipinski definition) is 2. The Labute approximate surface area is 135 Å². The molecule has 1 fully saturated rings. The minimum atomic E-state index is -0.863. The van der Waals surface area contributed by atoms with E-state index < -0.39 is 11.6 Å². The summed E-state index contributed by atoms with van der Waals surface area (Å²) in [4.78, 5) is 26.6. The van der Waals surface area contributed by atoms with Crippen LogP contribution < -0.4 is 10.2 Å². The van der Waals surface area contributed by atoms with Crippen LogP contribution in [-0.2, 0) is 9.59 Å². The number of carbonyl (C=O) groups excluding carboxylic acids is 2. The number of nitrogens with zero attached hydrogens (tertiary/aromatic N) is 1. The van der Waals surface area contributed by atoms with Gasteiger partial charge in [-0.15, -0.1) is 0 Å². The standard InChI is InChI=1S/C14H16Br2N2O2/c1-4-14(3)13(20)18(8(2)12(19)17-14)11-9(15)6-5-7-10(11)16/h5-8H,4H2,1-3H3,(H,17,19). The fourth-order valence-electron chi connectivity index (χ4n) is 2.24. The average molecular weight is 404 g/mol. The van der Waals surface area contributed by atoms with Crippen molar-refractivity contribution in [1.29, 1.82) is 0 Å². The Morgan fingerprint density at radius 3 is 2.35 bits per heavy atom. The van der Waals surface area contributed by atoms with Crippen molar-refractivity contribution in [2.24, 2.45) is 0 Å². The van der Waals surface area contributed by atoms with E-state index in [9.17, 15) is 9.59 Å². The Morgan fingerprint density at radius 2 is 1.85 bits per heavy atom. The molecule has 6 heteroatoms. The third-order valence-corrected chi connectivity index (χ3v) is 5.02. The maximum atomic E-state index is 12.8. The van der Waals surface area contributed by atoms with Gasteiger partial charge in [-0.2, -0.15) is 0 Å². The number of para-hydroxylation sites is 1. The van der Waals surface area contributed by atoms with E-state index >= 15 is 0 Å². The molecule has 1 aliphatic rings. The summed E-state index contributed by atoms with van der Waals surface area (Å²) in [5.74, 6) is -0.240. The third-order valence-electron chi connectivity index (χ3n) is 3.74. The summed E-state index contributed by atoms with van der Waals surface area (Å²) in [6.07, 6.45) is 0.545. The van der Waals surface area contributed by atoms with Crippen molar-refractivity contribution in [2.75, 3.05) is 4.90 Å². The number of rotatable bonds is 2. The van der Waals surface area contributed by atoms with Crippen LogP contribution in [0, 0.1) is 0 Å². The molecule has 20 heavy (non-hydrogen) atoms. The van der Waals surface area contributed by atoms with Gasteiger partial charge in [0.05, 0.1) is 5.69 Å². The maximum Gasteiger partial charge on any atom is 0.253 e. The Morgan fingerprint density at radius 1 is 1.30 bits per heavy atom. The lowest BCUT2D eigenvalue weighted by atomic mass is 9.92. The van der Waals surface area contributed by atoms with Gasteiger partial charge in [-0.05, 0) is 64.3 Å². The van der Waals surface area contributed by atoms with Gasteiger partial charge in [0.2, 0.25) is 5.91 Å². The first-order chi connectivity index (χ1) is 9.31. The minimum Gasteiger partial charge on any atom is -0.340 e. The Balaban J connectivity index is 2.58. The van der Waals surface area contributed by atoms with Crippen molar-refractivity contribution in [3.63, 3.8) is 0 Å². The van der Waals surface area contributed by atoms with Gasteiger partial charge in [-0.1, -0.05) is 13.0 Å². The van der Waals surface area contributed by atoms with Gasteiger partial charge < -0.3 is 5.32 Å². The van der Waals surface area contributed by atoms with E-state index in [1.165, 1.54) is 0 Å². The van der Waals surface area contributed by atoms with E-state index in [0.29, 0.717) is 12.1 Å². The van der Waals surface area contributed by atoms with Crippen molar-refractivity contribution >= 4 is 49.4 Å². The predicted molar refractivity (Wildman–Crippen MR) is 85.6 cm³/mol. The maximum absolute atomic E-state index is 12.8. The molecule has 2 atom stereocenters. The summed E-state index contributed by atoms with van der Waals surface area (Å²) in [7, 11) is 0. The zero-order chi connectivity index (χ0) is 15.1. The highest BCUT2D eigenvalue weighted by molar-refractivity contribution is 9.11. The molecule has 1 aromatic carbocycles. The molecular formula is C14H16Br2N2O2. The molecule has 0 radical (unpaired) electrons. The molecule has 1 saturated heterocycles. The zero-order valence-corrected chi connectivity index (χ0v) is 14.7. The van der Waals surface area contributed by atoms with Crippen LogP contribution in [0.1, 0.15) is 27.2 Å². The number of amides is 2. The number of carbonyl (C=O) groups is 2. The van der Waals surface area contributed by atoms with Crippen LogP contribution in [0.5, 0.6) is 0 Å². The van der Waals surface area contributed by atoms with Gasteiger partial charge in [-0.3, -0.25) is 14.5 Å². The minimum absolute atomic E-state index is 0.0975. The van der Waals surface area contributed by atoms with E-state index in [2.05, 4.69) is 37.2 Å². The largest absolute Gasteiger partial charge is 0.340 e. The van der Waals surface area contributed by atoms with E-state index in [1.54, 1.807) is 18.7 Å². The number of piperazine rings is 1. The van der Waals surface area contributed by atoms with E-state index in [-0.39, 0.29) is 11.8 Å². The van der Waals surface area contributed by atoms with E-state index in [4.69, 9.17) is 0 Å². The number of nitrogens with one attached hydrogen (secondary N) is 1. The second-order valence-electron chi connectivity index (χ2n) is 5.10. The Kier molecular flexibility index (Phi) is 4.25. The van der Waals surface area contributed by atoms with Gasteiger partial charge in [-0.25, -0.2) is 0 Å². The summed E-state index contributed by atoms with van der Waals surface area (Å²) >= 11 is 6.92. The first-order valence-electron chi connectivity index (χ1n) is 6.41. The quantitative estimate of drug-likeness (QED) is 0.823. The van der Waals surface area contributed by atoms with Crippen LogP contribution >= 0.6 is 31.9 Å². The number of halogens is 2. The van der Waals surface area contributed by atoms with Gasteiger partial charge in [0.15, 0.2) is 0 Å². The molecule has 1 aliphatic heterocycles. The summed E-state index contributed by atoms with van der Waals surface area (Å²) < 4.78 is 1.56. The molecule has 0 spiro atoms. The molecule has 1 N–H and O–H groups in total. The fraction of sp³-hybridized carbons (Fsp3) is 0.429. The van der Waals surface area contributed by atoms with E-state index in [0.717, 1.165) is 8.95 Å². The lowest BCUT2D eigenvalue weighted by Crippen LogP contribution is -2.68. The van der Waals surface area contributed by atoms with Crippen molar-refractivity contribution < 1.29 is 9.59 Å². The van der Waals surface area contributed by atoms with Crippen LogP contribution in [0.4, 0.5) is 5.69 Å². The number of hydrogen-bond donors (Lipinski definition) is 1. The van der Waals surface area contributed by atoms with Crippen molar-refractivity contribution in [3.05, 3.63) is 27.1 Å². The molecule has 0 aromatic heterocycles. The highest BCUT2D eigenvalue weighted by Gasteiger charge is 2.46. The molecule has 2 amide bonds. The molecular weight excluding hydrogens is 388 g/mol. The lowest BCUT2D eigenvalue weighted by molar-refractivity contribution is -0.137. The SMILES string of the molecule is CCC1(C)NC(=O)C(C)N(c2c(Br)cccc2Br)C1=O. The van der Waals surface area contributed by atoms with Gasteiger partial charge in [0.1, 0.15) is 11.6 Å². The highest BCUT2D eigenvalue weighted by Crippen LogP contribution is 2.38. The summed E-state index contributed by atoms with van der Waals surface area (Å²) in [5, 5.41) is 2.82.